The lowest BCUT2D eigenvalue weighted by Crippen LogP contribution is -2.15. The molecular weight excluding hydrogens is 290 g/mol. The van der Waals surface area contributed by atoms with Crippen LogP contribution >= 0.6 is 15.9 Å². The molecule has 98 valence electrons. The first-order chi connectivity index (χ1) is 8.79. The highest BCUT2D eigenvalue weighted by Crippen LogP contribution is 2.29. The van der Waals surface area contributed by atoms with E-state index in [9.17, 15) is 0 Å². The van der Waals surface area contributed by atoms with Gasteiger partial charge >= 0.3 is 0 Å². The third-order valence-corrected chi connectivity index (χ3v) is 3.13. The third kappa shape index (κ3) is 5.12. The third-order valence-electron chi connectivity index (χ3n) is 2.50. The van der Waals surface area contributed by atoms with E-state index >= 15 is 0 Å². The van der Waals surface area contributed by atoms with E-state index in [1.807, 2.05) is 12.1 Å². The molecule has 0 unspecified atom stereocenters. The molecule has 0 aliphatic carbocycles. The molecule has 0 fully saturated rings. The van der Waals surface area contributed by atoms with Gasteiger partial charge in [-0.2, -0.15) is 0 Å². The van der Waals surface area contributed by atoms with E-state index in [0.717, 1.165) is 42.6 Å². The second kappa shape index (κ2) is 9.02. The standard InChI is InChI=1S/C15H20BrNO/c1-3-5-6-11-18-15-13(12-17-10-4-2)8-7-9-14(15)16/h1,7-9,17H,4-6,10-12H2,2H3. The predicted molar refractivity (Wildman–Crippen MR) is 79.7 cm³/mol. The van der Waals surface area contributed by atoms with Gasteiger partial charge in [-0.15, -0.1) is 12.3 Å². The Labute approximate surface area is 118 Å². The molecule has 0 aliphatic rings. The van der Waals surface area contributed by atoms with Crippen LogP contribution in [0.5, 0.6) is 5.75 Å². The van der Waals surface area contributed by atoms with Crippen LogP contribution in [0.1, 0.15) is 31.7 Å². The number of unbranched alkanes of at least 4 members (excludes halogenated alkanes) is 1. The average molecular weight is 310 g/mol. The average Bonchev–Trinajstić information content (AvgIpc) is 2.37. The van der Waals surface area contributed by atoms with E-state index < -0.39 is 0 Å². The number of rotatable bonds is 8. The molecule has 1 rings (SSSR count). The lowest BCUT2D eigenvalue weighted by Gasteiger charge is -2.13. The summed E-state index contributed by atoms with van der Waals surface area (Å²) in [5, 5.41) is 3.39. The number of benzene rings is 1. The molecule has 1 N–H and O–H groups in total. The predicted octanol–water partition coefficient (Wildman–Crippen LogP) is 3.74. The zero-order valence-electron chi connectivity index (χ0n) is 10.8. The fourth-order valence-corrected chi connectivity index (χ4v) is 2.12. The summed E-state index contributed by atoms with van der Waals surface area (Å²) < 4.78 is 6.82. The fraction of sp³-hybridized carbons (Fsp3) is 0.467. The van der Waals surface area contributed by atoms with Gasteiger partial charge in [0.25, 0.3) is 0 Å². The molecule has 0 aromatic heterocycles. The maximum Gasteiger partial charge on any atom is 0.137 e. The molecule has 0 spiro atoms. The van der Waals surface area contributed by atoms with Crippen molar-refractivity contribution in [3.8, 4) is 18.1 Å². The maximum atomic E-state index is 5.82. The van der Waals surface area contributed by atoms with E-state index in [0.29, 0.717) is 6.61 Å². The molecule has 0 radical (unpaired) electrons. The van der Waals surface area contributed by atoms with Crippen molar-refractivity contribution in [2.24, 2.45) is 0 Å². The molecule has 0 bridgehead atoms. The van der Waals surface area contributed by atoms with Gasteiger partial charge in [0.2, 0.25) is 0 Å². The zero-order chi connectivity index (χ0) is 13.2. The summed E-state index contributed by atoms with van der Waals surface area (Å²) in [6, 6.07) is 6.12. The van der Waals surface area contributed by atoms with E-state index in [1.54, 1.807) is 0 Å². The van der Waals surface area contributed by atoms with Crippen LogP contribution in [-0.4, -0.2) is 13.2 Å². The summed E-state index contributed by atoms with van der Waals surface area (Å²) in [7, 11) is 0. The van der Waals surface area contributed by atoms with Crippen molar-refractivity contribution in [1.29, 1.82) is 0 Å². The van der Waals surface area contributed by atoms with Crippen LogP contribution in [0.4, 0.5) is 0 Å². The monoisotopic (exact) mass is 309 g/mol. The molecule has 0 saturated carbocycles. The Bertz CT molecular complexity index is 398. The van der Waals surface area contributed by atoms with Crippen LogP contribution in [0.3, 0.4) is 0 Å². The second-order valence-electron chi connectivity index (χ2n) is 4.06. The topological polar surface area (TPSA) is 21.3 Å². The second-order valence-corrected chi connectivity index (χ2v) is 4.92. The van der Waals surface area contributed by atoms with Gasteiger partial charge in [0.1, 0.15) is 5.75 Å². The zero-order valence-corrected chi connectivity index (χ0v) is 12.4. The van der Waals surface area contributed by atoms with Gasteiger partial charge in [0.15, 0.2) is 0 Å². The lowest BCUT2D eigenvalue weighted by atomic mass is 10.2. The number of ether oxygens (including phenoxy) is 1. The van der Waals surface area contributed by atoms with Gasteiger partial charge in [0, 0.05) is 18.5 Å². The highest BCUT2D eigenvalue weighted by atomic mass is 79.9. The first-order valence-electron chi connectivity index (χ1n) is 6.34. The van der Waals surface area contributed by atoms with Crippen LogP contribution in [0.15, 0.2) is 22.7 Å². The van der Waals surface area contributed by atoms with E-state index in [-0.39, 0.29) is 0 Å². The molecule has 2 nitrogen and oxygen atoms in total. The number of para-hydroxylation sites is 1. The Hall–Kier alpha value is -0.980. The SMILES string of the molecule is C#CCCCOc1c(Br)cccc1CNCCC. The van der Waals surface area contributed by atoms with E-state index in [4.69, 9.17) is 11.2 Å². The van der Waals surface area contributed by atoms with Crippen LogP contribution in [0.2, 0.25) is 0 Å². The summed E-state index contributed by atoms with van der Waals surface area (Å²) in [6.07, 6.45) is 8.00. The van der Waals surface area contributed by atoms with Gasteiger partial charge in [-0.1, -0.05) is 19.1 Å². The lowest BCUT2D eigenvalue weighted by molar-refractivity contribution is 0.307. The highest BCUT2D eigenvalue weighted by Gasteiger charge is 2.07. The van der Waals surface area contributed by atoms with Gasteiger partial charge < -0.3 is 10.1 Å². The Morgan fingerprint density at radius 2 is 2.28 bits per heavy atom. The molecule has 3 heteroatoms. The Kier molecular flexibility index (Phi) is 7.55. The Morgan fingerprint density at radius 3 is 3.00 bits per heavy atom. The van der Waals surface area contributed by atoms with Crippen molar-refractivity contribution in [2.45, 2.75) is 32.7 Å². The number of nitrogens with one attached hydrogen (secondary N) is 1. The van der Waals surface area contributed by atoms with Crippen molar-refractivity contribution < 1.29 is 4.74 Å². The highest BCUT2D eigenvalue weighted by molar-refractivity contribution is 9.10. The largest absolute Gasteiger partial charge is 0.492 e. The Morgan fingerprint density at radius 1 is 1.44 bits per heavy atom. The Balaban J connectivity index is 2.59. The summed E-state index contributed by atoms with van der Waals surface area (Å²) in [6.45, 7) is 4.67. The smallest absolute Gasteiger partial charge is 0.137 e. The fourth-order valence-electron chi connectivity index (χ4n) is 1.60. The normalized spacial score (nSPS) is 10.1. The summed E-state index contributed by atoms with van der Waals surface area (Å²) in [5.41, 5.74) is 1.18. The van der Waals surface area contributed by atoms with E-state index in [2.05, 4.69) is 40.2 Å². The first-order valence-corrected chi connectivity index (χ1v) is 7.13. The minimum Gasteiger partial charge on any atom is -0.492 e. The van der Waals surface area contributed by atoms with Crippen molar-refractivity contribution >= 4 is 15.9 Å². The molecular formula is C15H20BrNO. The van der Waals surface area contributed by atoms with Crippen LogP contribution < -0.4 is 10.1 Å². The molecule has 0 amide bonds. The number of terminal acetylenes is 1. The van der Waals surface area contributed by atoms with Crippen molar-refractivity contribution in [2.75, 3.05) is 13.2 Å². The van der Waals surface area contributed by atoms with Crippen molar-refractivity contribution in [3.05, 3.63) is 28.2 Å². The number of hydrogen-bond donors (Lipinski definition) is 1. The molecule has 1 aromatic carbocycles. The maximum absolute atomic E-state index is 5.82. The number of halogens is 1. The van der Waals surface area contributed by atoms with Crippen molar-refractivity contribution in [3.63, 3.8) is 0 Å². The molecule has 0 saturated heterocycles. The minimum absolute atomic E-state index is 0.660. The van der Waals surface area contributed by atoms with Crippen LogP contribution in [-0.2, 0) is 6.54 Å². The first kappa shape index (κ1) is 15.1. The van der Waals surface area contributed by atoms with Gasteiger partial charge in [-0.25, -0.2) is 0 Å². The summed E-state index contributed by atoms with van der Waals surface area (Å²) in [4.78, 5) is 0. The van der Waals surface area contributed by atoms with Gasteiger partial charge in [-0.05, 0) is 41.4 Å². The molecule has 0 heterocycles. The summed E-state index contributed by atoms with van der Waals surface area (Å²) >= 11 is 3.53. The van der Waals surface area contributed by atoms with Crippen LogP contribution in [0, 0.1) is 12.3 Å². The molecule has 1 aromatic rings. The number of hydrogen-bond acceptors (Lipinski definition) is 2. The van der Waals surface area contributed by atoms with E-state index in [1.165, 1.54) is 5.56 Å². The van der Waals surface area contributed by atoms with Gasteiger partial charge in [0.05, 0.1) is 11.1 Å². The quantitative estimate of drug-likeness (QED) is 0.583. The van der Waals surface area contributed by atoms with Crippen LogP contribution in [0.25, 0.3) is 0 Å². The summed E-state index contributed by atoms with van der Waals surface area (Å²) in [5.74, 6) is 3.55. The molecule has 0 atom stereocenters. The minimum atomic E-state index is 0.660. The molecule has 18 heavy (non-hydrogen) atoms. The van der Waals surface area contributed by atoms with Crippen molar-refractivity contribution in [1.82, 2.24) is 5.32 Å². The van der Waals surface area contributed by atoms with Gasteiger partial charge in [-0.3, -0.25) is 0 Å². The molecule has 0 aliphatic heterocycles.